The van der Waals surface area contributed by atoms with Gasteiger partial charge in [0, 0.05) is 16.1 Å². The third-order valence-electron chi connectivity index (χ3n) is 17.1. The number of benzene rings is 2. The first-order valence-corrected chi connectivity index (χ1v) is 22.3. The van der Waals surface area contributed by atoms with Crippen molar-refractivity contribution >= 4 is 17.9 Å². The maximum Gasteiger partial charge on any atom is 0.313 e. The van der Waals surface area contributed by atoms with Crippen molar-refractivity contribution in [2.45, 2.75) is 145 Å². The van der Waals surface area contributed by atoms with E-state index in [1.807, 2.05) is 48.5 Å². The summed E-state index contributed by atoms with van der Waals surface area (Å²) in [5, 5.41) is 16.1. The molecule has 1 aromatic heterocycles. The molecular formula is C50H64N2O8. The Morgan fingerprint density at radius 1 is 0.783 bits per heavy atom. The van der Waals surface area contributed by atoms with Gasteiger partial charge >= 0.3 is 17.9 Å². The molecule has 0 saturated heterocycles. The Hall–Kier alpha value is -4.47. The highest BCUT2D eigenvalue weighted by atomic mass is 16.8. The maximum absolute atomic E-state index is 14.4. The molecule has 8 rings (SSSR count). The van der Waals surface area contributed by atoms with E-state index in [4.69, 9.17) is 18.8 Å². The molecule has 0 spiro atoms. The van der Waals surface area contributed by atoms with Gasteiger partial charge in [0.25, 0.3) is 5.69 Å². The van der Waals surface area contributed by atoms with Gasteiger partial charge in [-0.25, -0.2) is 0 Å². The third-order valence-corrected chi connectivity index (χ3v) is 17.1. The smallest absolute Gasteiger partial charge is 0.313 e. The van der Waals surface area contributed by atoms with Crippen LogP contribution in [0.15, 0.2) is 76.9 Å². The monoisotopic (exact) mass is 820 g/mol. The number of carbonyl (C=O) groups excluding carboxylic acids is 3. The molecule has 8 atom stereocenters. The minimum atomic E-state index is -0.603. The maximum atomic E-state index is 14.4. The fraction of sp³-hybridized carbons (Fsp3) is 0.620. The highest BCUT2D eigenvalue weighted by Crippen LogP contribution is 2.76. The molecule has 10 nitrogen and oxygen atoms in total. The van der Waals surface area contributed by atoms with E-state index in [0.29, 0.717) is 29.7 Å². The fourth-order valence-corrected chi connectivity index (χ4v) is 13.5. The number of carbonyl (C=O) groups is 3. The van der Waals surface area contributed by atoms with Crippen molar-refractivity contribution in [3.8, 4) is 11.3 Å². The molecule has 4 saturated carbocycles. The Kier molecular flexibility index (Phi) is 10.9. The number of rotatable bonds is 10. The van der Waals surface area contributed by atoms with Crippen LogP contribution in [0.2, 0.25) is 0 Å². The molecule has 0 amide bonds. The van der Waals surface area contributed by atoms with Gasteiger partial charge in [-0.05, 0) is 114 Å². The molecule has 4 fully saturated rings. The summed E-state index contributed by atoms with van der Waals surface area (Å²) in [6, 6.07) is 19.1. The predicted molar refractivity (Wildman–Crippen MR) is 225 cm³/mol. The molecule has 322 valence electrons. The number of nitrogens with zero attached hydrogens (tertiary/aromatic N) is 2. The average Bonchev–Trinajstić information content (AvgIpc) is 3.59. The minimum Gasteiger partial charge on any atom is -0.462 e. The van der Waals surface area contributed by atoms with E-state index in [-0.39, 0.29) is 75.1 Å². The van der Waals surface area contributed by atoms with Crippen LogP contribution in [0.5, 0.6) is 0 Å². The van der Waals surface area contributed by atoms with Crippen molar-refractivity contribution in [2.75, 3.05) is 0 Å². The standard InChI is InChI=1S/C50H64N2O8/c1-45(2)26-28-50(44(55)58-31-33-14-10-8-11-15-33)29-27-48(6)35(36(50)30-45)18-19-39-47(5)24-23-40(46(3,4)38(47)22-25-49(39,48)7)59-42(54)21-20-41(53)57-32-37-43(51-60-52(37)56)34-16-12-9-13-17-34/h8-18,36,38-40H,19-32H2,1-7H3/t36-,38-,39+,40-,47-,48+,49+,50-/m0/s1. The largest absolute Gasteiger partial charge is 0.462 e. The summed E-state index contributed by atoms with van der Waals surface area (Å²) in [6.45, 7) is 16.9. The van der Waals surface area contributed by atoms with Gasteiger partial charge < -0.3 is 19.4 Å². The van der Waals surface area contributed by atoms with Gasteiger partial charge in [0.2, 0.25) is 5.69 Å². The SMILES string of the molecule is CC1(C)CC[C@]2(C(=O)OCc3ccccc3)CC[C@]3(C)C(=CC[C@@H]4[C@@]5(C)CC[C@H](OC(=O)CCC(=O)OCc6c(-c7ccccc7)no[n+]6[O-])C(C)(C)[C@@H]5CC[C@]43C)[C@@H]2C1. The van der Waals surface area contributed by atoms with Gasteiger partial charge in [-0.3, -0.25) is 19.0 Å². The van der Waals surface area contributed by atoms with E-state index in [1.54, 1.807) is 12.1 Å². The first-order valence-electron chi connectivity index (χ1n) is 22.3. The Bertz CT molecular complexity index is 2130. The summed E-state index contributed by atoms with van der Waals surface area (Å²) < 4.78 is 22.6. The molecule has 2 aromatic carbocycles. The van der Waals surface area contributed by atoms with Crippen molar-refractivity contribution < 1.29 is 38.1 Å². The number of fused-ring (bicyclic) bond motifs is 7. The Morgan fingerprint density at radius 3 is 2.20 bits per heavy atom. The lowest BCUT2D eigenvalue weighted by Gasteiger charge is -2.71. The molecule has 5 aliphatic rings. The summed E-state index contributed by atoms with van der Waals surface area (Å²) in [6.07, 6.45) is 11.7. The van der Waals surface area contributed by atoms with Crippen LogP contribution < -0.4 is 4.90 Å². The number of hydrogen-bond donors (Lipinski definition) is 0. The van der Waals surface area contributed by atoms with E-state index in [0.717, 1.165) is 69.8 Å². The van der Waals surface area contributed by atoms with Crippen molar-refractivity contribution in [3.05, 3.63) is 88.8 Å². The van der Waals surface area contributed by atoms with Crippen molar-refractivity contribution in [1.82, 2.24) is 5.16 Å². The van der Waals surface area contributed by atoms with E-state index < -0.39 is 17.4 Å². The van der Waals surface area contributed by atoms with E-state index in [9.17, 15) is 19.6 Å². The number of hydrogen-bond acceptors (Lipinski definition) is 9. The van der Waals surface area contributed by atoms with Crippen LogP contribution in [0.4, 0.5) is 0 Å². The van der Waals surface area contributed by atoms with Gasteiger partial charge in [0.1, 0.15) is 12.7 Å². The molecule has 0 aliphatic heterocycles. The Labute approximate surface area is 355 Å². The second kappa shape index (κ2) is 15.5. The lowest BCUT2D eigenvalue weighted by molar-refractivity contribution is -0.808. The van der Waals surface area contributed by atoms with Crippen molar-refractivity contribution in [3.63, 3.8) is 0 Å². The Balaban J connectivity index is 0.935. The fourth-order valence-electron chi connectivity index (χ4n) is 13.5. The zero-order valence-electron chi connectivity index (χ0n) is 36.7. The van der Waals surface area contributed by atoms with Gasteiger partial charge in [-0.15, -0.1) is 0 Å². The summed E-state index contributed by atoms with van der Waals surface area (Å²) in [5.41, 5.74) is 3.07. The van der Waals surface area contributed by atoms with E-state index >= 15 is 0 Å². The van der Waals surface area contributed by atoms with Crippen LogP contribution >= 0.6 is 0 Å². The van der Waals surface area contributed by atoms with E-state index in [1.165, 1.54) is 5.57 Å². The molecule has 60 heavy (non-hydrogen) atoms. The zero-order chi connectivity index (χ0) is 42.7. The summed E-state index contributed by atoms with van der Waals surface area (Å²) >= 11 is 0. The minimum absolute atomic E-state index is 0.00886. The molecule has 3 aromatic rings. The zero-order valence-corrected chi connectivity index (χ0v) is 36.7. The highest BCUT2D eigenvalue weighted by Gasteiger charge is 2.69. The molecule has 0 unspecified atom stereocenters. The molecule has 5 aliphatic carbocycles. The lowest BCUT2D eigenvalue weighted by Crippen LogP contribution is -2.65. The Morgan fingerprint density at radius 2 is 1.47 bits per heavy atom. The molecule has 10 heteroatoms. The van der Waals surface area contributed by atoms with Gasteiger partial charge in [-0.1, -0.05) is 121 Å². The van der Waals surface area contributed by atoms with Crippen LogP contribution in [0.25, 0.3) is 11.3 Å². The topological polar surface area (TPSA) is 132 Å². The van der Waals surface area contributed by atoms with Crippen LogP contribution in [-0.2, 0) is 41.8 Å². The van der Waals surface area contributed by atoms with Gasteiger partial charge in [0.15, 0.2) is 6.61 Å². The summed E-state index contributed by atoms with van der Waals surface area (Å²) in [4.78, 5) is 40.7. The summed E-state index contributed by atoms with van der Waals surface area (Å²) in [5.74, 6) is -0.0441. The van der Waals surface area contributed by atoms with Gasteiger partial charge in [0.05, 0.1) is 18.3 Å². The molecule has 1 heterocycles. The van der Waals surface area contributed by atoms with Crippen LogP contribution in [0.3, 0.4) is 0 Å². The lowest BCUT2D eigenvalue weighted by atomic mass is 9.33. The molecular weight excluding hydrogens is 757 g/mol. The van der Waals surface area contributed by atoms with Gasteiger partial charge in [-0.2, -0.15) is 0 Å². The third kappa shape index (κ3) is 7.07. The first-order chi connectivity index (χ1) is 28.4. The molecule has 0 bridgehead atoms. The van der Waals surface area contributed by atoms with Crippen LogP contribution in [-0.4, -0.2) is 29.2 Å². The van der Waals surface area contributed by atoms with Crippen LogP contribution in [0, 0.1) is 55.5 Å². The quantitative estimate of drug-likeness (QED) is 0.0848. The second-order valence-corrected chi connectivity index (χ2v) is 21.0. The number of aromatic nitrogens is 2. The van der Waals surface area contributed by atoms with Crippen molar-refractivity contribution in [1.29, 1.82) is 0 Å². The number of esters is 3. The second-order valence-electron chi connectivity index (χ2n) is 21.0. The van der Waals surface area contributed by atoms with E-state index in [2.05, 4.69) is 59.7 Å². The molecule has 0 N–H and O–H groups in total. The van der Waals surface area contributed by atoms with Crippen molar-refractivity contribution in [2.24, 2.45) is 50.2 Å². The highest BCUT2D eigenvalue weighted by molar-refractivity contribution is 5.79. The number of allylic oxidation sites excluding steroid dienone is 2. The van der Waals surface area contributed by atoms with Crippen LogP contribution in [0.1, 0.15) is 137 Å². The average molecular weight is 821 g/mol. The molecule has 0 radical (unpaired) electrons. The predicted octanol–water partition coefficient (Wildman–Crippen LogP) is 10.3. The number of ether oxygens (including phenoxy) is 3. The normalized spacial score (nSPS) is 33.8. The summed E-state index contributed by atoms with van der Waals surface area (Å²) in [7, 11) is 0. The first kappa shape index (κ1) is 42.2.